The summed E-state index contributed by atoms with van der Waals surface area (Å²) in [5.74, 6) is 0.405. The van der Waals surface area contributed by atoms with Crippen LogP contribution in [0.3, 0.4) is 0 Å². The van der Waals surface area contributed by atoms with E-state index in [1.54, 1.807) is 0 Å². The van der Waals surface area contributed by atoms with E-state index in [1.807, 2.05) is 50.2 Å². The lowest BCUT2D eigenvalue weighted by molar-refractivity contribution is 0.0314. The van der Waals surface area contributed by atoms with E-state index in [1.165, 1.54) is 0 Å². The first-order valence-electron chi connectivity index (χ1n) is 6.88. The van der Waals surface area contributed by atoms with E-state index in [-0.39, 0.29) is 12.1 Å². The lowest BCUT2D eigenvalue weighted by atomic mass is 10.1. The highest BCUT2D eigenvalue weighted by atomic mass is 16.5. The fourth-order valence-electron chi connectivity index (χ4n) is 1.77. The van der Waals surface area contributed by atoms with E-state index in [0.29, 0.717) is 11.5 Å². The van der Waals surface area contributed by atoms with Crippen molar-refractivity contribution >= 4 is 11.7 Å². The van der Waals surface area contributed by atoms with Crippen molar-refractivity contribution in [2.45, 2.75) is 39.7 Å². The minimum absolute atomic E-state index is 0.0246. The van der Waals surface area contributed by atoms with Crippen molar-refractivity contribution in [2.24, 2.45) is 5.92 Å². The van der Waals surface area contributed by atoms with Crippen LogP contribution < -0.4 is 4.90 Å². The molecule has 0 N–H and O–H groups in total. The summed E-state index contributed by atoms with van der Waals surface area (Å²) in [7, 11) is 3.95. The zero-order chi connectivity index (χ0) is 14.4. The molecule has 1 rings (SSSR count). The van der Waals surface area contributed by atoms with Gasteiger partial charge in [0.25, 0.3) is 0 Å². The molecule has 1 aromatic rings. The van der Waals surface area contributed by atoms with Crippen molar-refractivity contribution in [3.05, 3.63) is 29.8 Å². The van der Waals surface area contributed by atoms with E-state index in [2.05, 4.69) is 13.8 Å². The van der Waals surface area contributed by atoms with Gasteiger partial charge >= 0.3 is 5.97 Å². The molecule has 1 aromatic carbocycles. The molecular formula is C16H25NO2. The quantitative estimate of drug-likeness (QED) is 0.732. The van der Waals surface area contributed by atoms with Crippen LogP contribution in [0, 0.1) is 5.92 Å². The van der Waals surface area contributed by atoms with Crippen LogP contribution in [0.25, 0.3) is 0 Å². The van der Waals surface area contributed by atoms with Crippen molar-refractivity contribution < 1.29 is 9.53 Å². The highest BCUT2D eigenvalue weighted by Crippen LogP contribution is 2.15. The number of carbonyl (C=O) groups is 1. The molecule has 0 heterocycles. The Bertz CT molecular complexity index is 396. The summed E-state index contributed by atoms with van der Waals surface area (Å²) in [6, 6.07) is 7.48. The molecule has 1 unspecified atom stereocenters. The normalized spacial score (nSPS) is 12.3. The molecule has 106 valence electrons. The molecule has 0 spiro atoms. The van der Waals surface area contributed by atoms with Gasteiger partial charge in [0, 0.05) is 19.8 Å². The largest absolute Gasteiger partial charge is 0.459 e. The maximum Gasteiger partial charge on any atom is 0.338 e. The number of anilines is 1. The second kappa shape index (κ2) is 7.17. The first-order valence-corrected chi connectivity index (χ1v) is 6.88. The summed E-state index contributed by atoms with van der Waals surface area (Å²) in [6.45, 7) is 6.30. The molecule has 0 amide bonds. The van der Waals surface area contributed by atoms with Crippen LogP contribution in [0.5, 0.6) is 0 Å². The molecule has 0 saturated carbocycles. The summed E-state index contributed by atoms with van der Waals surface area (Å²) in [5.41, 5.74) is 1.69. The Morgan fingerprint density at radius 3 is 2.16 bits per heavy atom. The fraction of sp³-hybridized carbons (Fsp3) is 0.562. The van der Waals surface area contributed by atoms with Gasteiger partial charge in [0.1, 0.15) is 0 Å². The van der Waals surface area contributed by atoms with Crippen molar-refractivity contribution in [2.75, 3.05) is 19.0 Å². The van der Waals surface area contributed by atoms with Gasteiger partial charge in [0.2, 0.25) is 0 Å². The number of carbonyl (C=O) groups excluding carboxylic acids is 1. The highest BCUT2D eigenvalue weighted by molar-refractivity contribution is 5.89. The molecule has 19 heavy (non-hydrogen) atoms. The SMILES string of the molecule is CC(C)CCC(C)OC(=O)c1ccc(N(C)C)cc1. The van der Waals surface area contributed by atoms with Crippen molar-refractivity contribution in [3.8, 4) is 0 Å². The third-order valence-corrected chi connectivity index (χ3v) is 3.08. The Kier molecular flexibility index (Phi) is 5.87. The molecule has 1 atom stereocenters. The van der Waals surface area contributed by atoms with Gasteiger partial charge in [-0.1, -0.05) is 13.8 Å². The lowest BCUT2D eigenvalue weighted by Gasteiger charge is -2.15. The molecule has 0 saturated heterocycles. The maximum atomic E-state index is 11.9. The first kappa shape index (κ1) is 15.5. The van der Waals surface area contributed by atoms with Crippen LogP contribution in [-0.4, -0.2) is 26.2 Å². The monoisotopic (exact) mass is 263 g/mol. The summed E-state index contributed by atoms with van der Waals surface area (Å²) in [4.78, 5) is 13.9. The minimum Gasteiger partial charge on any atom is -0.459 e. The van der Waals surface area contributed by atoms with Crippen LogP contribution >= 0.6 is 0 Å². The number of benzene rings is 1. The van der Waals surface area contributed by atoms with Gasteiger partial charge in [-0.05, 0) is 49.9 Å². The van der Waals surface area contributed by atoms with Crippen LogP contribution in [0.1, 0.15) is 44.0 Å². The Morgan fingerprint density at radius 2 is 1.68 bits per heavy atom. The molecule has 0 aliphatic carbocycles. The Morgan fingerprint density at radius 1 is 1.11 bits per heavy atom. The fourth-order valence-corrected chi connectivity index (χ4v) is 1.77. The van der Waals surface area contributed by atoms with Gasteiger partial charge in [0.15, 0.2) is 0 Å². The number of hydrogen-bond acceptors (Lipinski definition) is 3. The summed E-state index contributed by atoms with van der Waals surface area (Å²) in [5, 5.41) is 0. The molecule has 0 radical (unpaired) electrons. The molecule has 3 heteroatoms. The van der Waals surface area contributed by atoms with Gasteiger partial charge in [0.05, 0.1) is 11.7 Å². The predicted octanol–water partition coefficient (Wildman–Crippen LogP) is 3.73. The number of hydrogen-bond donors (Lipinski definition) is 0. The molecule has 0 fully saturated rings. The zero-order valence-corrected chi connectivity index (χ0v) is 12.6. The molecule has 0 aliphatic heterocycles. The van der Waals surface area contributed by atoms with Gasteiger partial charge in [-0.15, -0.1) is 0 Å². The summed E-state index contributed by atoms with van der Waals surface area (Å²) >= 11 is 0. The van der Waals surface area contributed by atoms with Crippen LogP contribution in [0.15, 0.2) is 24.3 Å². The average molecular weight is 263 g/mol. The van der Waals surface area contributed by atoms with Crippen molar-refractivity contribution in [1.29, 1.82) is 0 Å². The van der Waals surface area contributed by atoms with Crippen LogP contribution in [0.2, 0.25) is 0 Å². The van der Waals surface area contributed by atoms with Gasteiger partial charge in [-0.25, -0.2) is 4.79 Å². The van der Waals surface area contributed by atoms with Crippen molar-refractivity contribution in [3.63, 3.8) is 0 Å². The molecule has 0 aromatic heterocycles. The van der Waals surface area contributed by atoms with Gasteiger partial charge in [-0.2, -0.15) is 0 Å². The minimum atomic E-state index is -0.235. The van der Waals surface area contributed by atoms with E-state index < -0.39 is 0 Å². The first-order chi connectivity index (χ1) is 8.90. The smallest absolute Gasteiger partial charge is 0.338 e. The van der Waals surface area contributed by atoms with Crippen molar-refractivity contribution in [1.82, 2.24) is 0 Å². The second-order valence-corrected chi connectivity index (χ2v) is 5.63. The summed E-state index contributed by atoms with van der Waals surface area (Å²) < 4.78 is 5.43. The number of esters is 1. The Hall–Kier alpha value is -1.51. The molecule has 0 bridgehead atoms. The standard InChI is InChI=1S/C16H25NO2/c1-12(2)6-7-13(3)19-16(18)14-8-10-15(11-9-14)17(4)5/h8-13H,6-7H2,1-5H3. The van der Waals surface area contributed by atoms with E-state index in [0.717, 1.165) is 18.5 Å². The number of ether oxygens (including phenoxy) is 1. The number of rotatable bonds is 6. The third kappa shape index (κ3) is 5.33. The lowest BCUT2D eigenvalue weighted by Crippen LogP contribution is -2.16. The Labute approximate surface area is 116 Å². The molecule has 3 nitrogen and oxygen atoms in total. The predicted molar refractivity (Wildman–Crippen MR) is 79.7 cm³/mol. The Balaban J connectivity index is 2.53. The van der Waals surface area contributed by atoms with Gasteiger partial charge in [-0.3, -0.25) is 0 Å². The van der Waals surface area contributed by atoms with E-state index in [9.17, 15) is 4.79 Å². The zero-order valence-electron chi connectivity index (χ0n) is 12.6. The van der Waals surface area contributed by atoms with E-state index >= 15 is 0 Å². The number of nitrogens with zero attached hydrogens (tertiary/aromatic N) is 1. The maximum absolute atomic E-state index is 11.9. The third-order valence-electron chi connectivity index (χ3n) is 3.08. The van der Waals surface area contributed by atoms with E-state index in [4.69, 9.17) is 4.74 Å². The van der Waals surface area contributed by atoms with Crippen LogP contribution in [0.4, 0.5) is 5.69 Å². The second-order valence-electron chi connectivity index (χ2n) is 5.63. The molecular weight excluding hydrogens is 238 g/mol. The van der Waals surface area contributed by atoms with Crippen LogP contribution in [-0.2, 0) is 4.74 Å². The van der Waals surface area contributed by atoms with Gasteiger partial charge < -0.3 is 9.64 Å². The molecule has 0 aliphatic rings. The topological polar surface area (TPSA) is 29.5 Å². The highest BCUT2D eigenvalue weighted by Gasteiger charge is 2.12. The summed E-state index contributed by atoms with van der Waals surface area (Å²) in [6.07, 6.45) is 1.97. The average Bonchev–Trinajstić information content (AvgIpc) is 2.36.